The molecule has 0 atom stereocenters. The van der Waals surface area contributed by atoms with Crippen LogP contribution in [0.2, 0.25) is 0 Å². The predicted octanol–water partition coefficient (Wildman–Crippen LogP) is 1.81. The SMILES string of the molecule is COC(=O)CCSC(=S)Cl. The molecule has 0 spiro atoms. The van der Waals surface area contributed by atoms with Crippen LogP contribution in [0.3, 0.4) is 0 Å². The Hall–Kier alpha value is 0.200. The van der Waals surface area contributed by atoms with Crippen LogP contribution in [0.1, 0.15) is 6.42 Å². The second kappa shape index (κ2) is 5.95. The Kier molecular flexibility index (Phi) is 6.06. The van der Waals surface area contributed by atoms with Crippen molar-refractivity contribution < 1.29 is 9.53 Å². The van der Waals surface area contributed by atoms with Gasteiger partial charge in [0.05, 0.1) is 13.5 Å². The summed E-state index contributed by atoms with van der Waals surface area (Å²) in [5.74, 6) is 0.357. The molecule has 58 valence electrons. The van der Waals surface area contributed by atoms with Crippen molar-refractivity contribution in [2.45, 2.75) is 6.42 Å². The fourth-order valence-electron chi connectivity index (χ4n) is 0.317. The van der Waals surface area contributed by atoms with Gasteiger partial charge in [-0.2, -0.15) is 0 Å². The summed E-state index contributed by atoms with van der Waals surface area (Å²) in [6, 6.07) is 0. The highest BCUT2D eigenvalue weighted by molar-refractivity contribution is 8.26. The fraction of sp³-hybridized carbons (Fsp3) is 0.600. The topological polar surface area (TPSA) is 26.3 Å². The summed E-state index contributed by atoms with van der Waals surface area (Å²) < 4.78 is 4.73. The quantitative estimate of drug-likeness (QED) is 0.393. The first kappa shape index (κ1) is 10.2. The van der Waals surface area contributed by atoms with E-state index in [2.05, 4.69) is 17.0 Å². The summed E-state index contributed by atoms with van der Waals surface area (Å²) in [6.07, 6.45) is 0.355. The highest BCUT2D eigenvalue weighted by atomic mass is 35.5. The number of rotatable bonds is 3. The van der Waals surface area contributed by atoms with E-state index in [0.29, 0.717) is 15.8 Å². The molecule has 0 aromatic rings. The Labute approximate surface area is 74.3 Å². The molecule has 10 heavy (non-hydrogen) atoms. The van der Waals surface area contributed by atoms with E-state index in [0.717, 1.165) is 0 Å². The zero-order chi connectivity index (χ0) is 7.98. The number of methoxy groups -OCH3 is 1. The van der Waals surface area contributed by atoms with Crippen LogP contribution in [0.25, 0.3) is 0 Å². The molecule has 0 unspecified atom stereocenters. The maximum absolute atomic E-state index is 10.5. The number of ether oxygens (including phenoxy) is 1. The van der Waals surface area contributed by atoms with Crippen molar-refractivity contribution in [3.63, 3.8) is 0 Å². The summed E-state index contributed by atoms with van der Waals surface area (Å²) in [7, 11) is 1.35. The number of hydrogen-bond acceptors (Lipinski definition) is 4. The first-order valence-electron chi connectivity index (χ1n) is 2.56. The van der Waals surface area contributed by atoms with E-state index in [4.69, 9.17) is 11.6 Å². The molecule has 0 heterocycles. The number of carbonyl (C=O) groups is 1. The smallest absolute Gasteiger partial charge is 0.306 e. The molecule has 5 heteroatoms. The van der Waals surface area contributed by atoms with Gasteiger partial charge in [-0.3, -0.25) is 4.79 Å². The molecule has 0 aliphatic heterocycles. The van der Waals surface area contributed by atoms with E-state index in [1.807, 2.05) is 0 Å². The summed E-state index contributed by atoms with van der Waals surface area (Å²) in [5.41, 5.74) is 0. The van der Waals surface area contributed by atoms with Gasteiger partial charge in [0, 0.05) is 5.75 Å². The summed E-state index contributed by atoms with van der Waals surface area (Å²) in [5, 5.41) is 0. The zero-order valence-electron chi connectivity index (χ0n) is 5.43. The van der Waals surface area contributed by atoms with E-state index < -0.39 is 0 Å². The number of hydrogen-bond donors (Lipinski definition) is 0. The summed E-state index contributed by atoms with van der Waals surface area (Å²) in [4.78, 5) is 10.5. The van der Waals surface area contributed by atoms with Gasteiger partial charge in [0.25, 0.3) is 0 Å². The number of thiocarbonyl (C=S) groups is 1. The summed E-state index contributed by atoms with van der Waals surface area (Å²) in [6.45, 7) is 0. The third kappa shape index (κ3) is 6.32. The molecule has 0 fully saturated rings. The van der Waals surface area contributed by atoms with Crippen LogP contribution in [0.15, 0.2) is 0 Å². The van der Waals surface area contributed by atoms with Gasteiger partial charge in [0.2, 0.25) is 0 Å². The Morgan fingerprint density at radius 2 is 2.40 bits per heavy atom. The minimum absolute atomic E-state index is 0.236. The highest BCUT2D eigenvalue weighted by Gasteiger charge is 1.99. The molecule has 0 radical (unpaired) electrons. The molecule has 0 aliphatic rings. The zero-order valence-corrected chi connectivity index (χ0v) is 7.81. The number of carbonyl (C=O) groups excluding carboxylic acids is 1. The molecule has 0 bridgehead atoms. The average molecular weight is 199 g/mol. The van der Waals surface area contributed by atoms with Gasteiger partial charge in [-0.1, -0.05) is 23.8 Å². The second-order valence-electron chi connectivity index (χ2n) is 1.41. The highest BCUT2D eigenvalue weighted by Crippen LogP contribution is 2.09. The van der Waals surface area contributed by atoms with Gasteiger partial charge in [0.1, 0.15) is 3.66 Å². The molecular weight excluding hydrogens is 192 g/mol. The van der Waals surface area contributed by atoms with E-state index in [1.54, 1.807) is 0 Å². The van der Waals surface area contributed by atoms with E-state index in [-0.39, 0.29) is 5.97 Å². The minimum atomic E-state index is -0.236. The number of esters is 1. The van der Waals surface area contributed by atoms with Crippen molar-refractivity contribution in [2.75, 3.05) is 12.9 Å². The predicted molar refractivity (Wildman–Crippen MR) is 47.5 cm³/mol. The normalized spacial score (nSPS) is 9.00. The molecule has 0 saturated carbocycles. The summed E-state index contributed by atoms with van der Waals surface area (Å²) >= 11 is 11.2. The van der Waals surface area contributed by atoms with Crippen molar-refractivity contribution in [1.29, 1.82) is 0 Å². The number of thioether (sulfide) groups is 1. The van der Waals surface area contributed by atoms with Crippen LogP contribution in [0.5, 0.6) is 0 Å². The van der Waals surface area contributed by atoms with Crippen molar-refractivity contribution in [3.8, 4) is 0 Å². The maximum Gasteiger partial charge on any atom is 0.306 e. The van der Waals surface area contributed by atoms with E-state index in [9.17, 15) is 4.79 Å². The third-order valence-electron chi connectivity index (χ3n) is 0.749. The average Bonchev–Trinajstić information content (AvgIpc) is 1.87. The van der Waals surface area contributed by atoms with Gasteiger partial charge in [0.15, 0.2) is 0 Å². The Bertz CT molecular complexity index is 138. The van der Waals surface area contributed by atoms with Crippen LogP contribution in [0.4, 0.5) is 0 Å². The molecule has 0 aliphatic carbocycles. The van der Waals surface area contributed by atoms with Crippen molar-refractivity contribution in [2.24, 2.45) is 0 Å². The lowest BCUT2D eigenvalue weighted by Gasteiger charge is -1.95. The fourth-order valence-corrected chi connectivity index (χ4v) is 1.23. The van der Waals surface area contributed by atoms with Crippen molar-refractivity contribution >= 4 is 45.2 Å². The Morgan fingerprint density at radius 1 is 1.80 bits per heavy atom. The molecular formula is C5H7ClO2S2. The van der Waals surface area contributed by atoms with Crippen molar-refractivity contribution in [3.05, 3.63) is 0 Å². The van der Waals surface area contributed by atoms with Gasteiger partial charge in [-0.25, -0.2) is 0 Å². The van der Waals surface area contributed by atoms with Crippen LogP contribution in [0, 0.1) is 0 Å². The van der Waals surface area contributed by atoms with Crippen molar-refractivity contribution in [1.82, 2.24) is 0 Å². The molecule has 0 N–H and O–H groups in total. The molecule has 0 rings (SSSR count). The van der Waals surface area contributed by atoms with Crippen LogP contribution in [-0.4, -0.2) is 22.5 Å². The van der Waals surface area contributed by atoms with Gasteiger partial charge >= 0.3 is 5.97 Å². The molecule has 0 saturated heterocycles. The molecule has 0 aromatic carbocycles. The first-order chi connectivity index (χ1) is 4.66. The number of halogens is 1. The largest absolute Gasteiger partial charge is 0.469 e. The molecule has 2 nitrogen and oxygen atoms in total. The Balaban J connectivity index is 3.20. The van der Waals surface area contributed by atoms with Gasteiger partial charge in [-0.15, -0.1) is 11.8 Å². The first-order valence-corrected chi connectivity index (χ1v) is 4.33. The van der Waals surface area contributed by atoms with Gasteiger partial charge < -0.3 is 4.74 Å². The minimum Gasteiger partial charge on any atom is -0.469 e. The lowest BCUT2D eigenvalue weighted by atomic mass is 10.5. The monoisotopic (exact) mass is 198 g/mol. The van der Waals surface area contributed by atoms with Gasteiger partial charge in [-0.05, 0) is 0 Å². The van der Waals surface area contributed by atoms with Crippen LogP contribution < -0.4 is 0 Å². The lowest BCUT2D eigenvalue weighted by Crippen LogP contribution is -2.01. The van der Waals surface area contributed by atoms with Crippen LogP contribution in [-0.2, 0) is 9.53 Å². The van der Waals surface area contributed by atoms with Crippen LogP contribution >= 0.6 is 35.6 Å². The maximum atomic E-state index is 10.5. The molecule has 0 aromatic heterocycles. The van der Waals surface area contributed by atoms with E-state index >= 15 is 0 Å². The second-order valence-corrected chi connectivity index (χ2v) is 4.01. The third-order valence-corrected chi connectivity index (χ3v) is 2.07. The Morgan fingerprint density at radius 3 is 2.80 bits per heavy atom. The lowest BCUT2D eigenvalue weighted by molar-refractivity contribution is -0.140. The van der Waals surface area contributed by atoms with E-state index in [1.165, 1.54) is 18.9 Å². The standard InChI is InChI=1S/C5H7ClO2S2/c1-8-4(7)2-3-10-5(6)9/h2-3H2,1H3. The molecule has 0 amide bonds.